The Morgan fingerprint density at radius 1 is 1.20 bits per heavy atom. The number of benzene rings is 1. The van der Waals surface area contributed by atoms with Crippen molar-refractivity contribution in [3.05, 3.63) is 27.2 Å². The Hall–Kier alpha value is -1.60. The maximum Gasteiger partial charge on any atom is 0.322 e. The van der Waals surface area contributed by atoms with Gasteiger partial charge in [0.05, 0.1) is 12.8 Å². The van der Waals surface area contributed by atoms with Crippen molar-refractivity contribution in [3.8, 4) is 6.01 Å². The Balaban J connectivity index is 2.36. The fourth-order valence-electron chi connectivity index (χ4n) is 1.48. The third-order valence-corrected chi connectivity index (χ3v) is 3.58. The molecule has 6 nitrogen and oxygen atoms in total. The third-order valence-electron chi connectivity index (χ3n) is 2.52. The number of aryl methyl sites for hydroxylation is 1. The molecule has 1 heterocycles. The van der Waals surface area contributed by atoms with E-state index in [9.17, 15) is 0 Å². The van der Waals surface area contributed by atoms with E-state index in [2.05, 4.69) is 41.5 Å². The van der Waals surface area contributed by atoms with Gasteiger partial charge >= 0.3 is 6.01 Å². The number of halogens is 2. The number of ether oxygens (including phenoxy) is 1. The Bertz CT molecular complexity index is 615. The zero-order valence-electron chi connectivity index (χ0n) is 11.2. The van der Waals surface area contributed by atoms with Crippen LogP contribution < -0.4 is 15.4 Å². The molecule has 1 aromatic heterocycles. The summed E-state index contributed by atoms with van der Waals surface area (Å²) in [5, 5.41) is 6.58. The molecule has 0 aliphatic heterocycles. The van der Waals surface area contributed by atoms with Gasteiger partial charge in [-0.15, -0.1) is 0 Å². The van der Waals surface area contributed by atoms with Crippen molar-refractivity contribution in [2.75, 3.05) is 24.8 Å². The molecule has 0 saturated carbocycles. The monoisotopic (exact) mass is 357 g/mol. The second kappa shape index (κ2) is 6.23. The minimum atomic E-state index is 0.223. The lowest BCUT2D eigenvalue weighted by Gasteiger charge is -2.10. The lowest BCUT2D eigenvalue weighted by Crippen LogP contribution is -2.05. The highest BCUT2D eigenvalue weighted by Crippen LogP contribution is 2.30. The van der Waals surface area contributed by atoms with Crippen LogP contribution in [-0.4, -0.2) is 29.1 Å². The van der Waals surface area contributed by atoms with E-state index >= 15 is 0 Å². The van der Waals surface area contributed by atoms with Gasteiger partial charge in [0.15, 0.2) is 0 Å². The molecule has 8 heteroatoms. The second-order valence-corrected chi connectivity index (χ2v) is 5.19. The summed E-state index contributed by atoms with van der Waals surface area (Å²) < 4.78 is 5.89. The van der Waals surface area contributed by atoms with E-state index < -0.39 is 0 Å². The molecular formula is C12H13BrClN5O. The van der Waals surface area contributed by atoms with Crippen LogP contribution in [0.25, 0.3) is 0 Å². The van der Waals surface area contributed by atoms with Crippen LogP contribution in [0.5, 0.6) is 6.01 Å². The zero-order valence-corrected chi connectivity index (χ0v) is 13.5. The molecular weight excluding hydrogens is 346 g/mol. The quantitative estimate of drug-likeness (QED) is 0.873. The fourth-order valence-corrected chi connectivity index (χ4v) is 2.20. The summed E-state index contributed by atoms with van der Waals surface area (Å²) in [5.41, 5.74) is 1.74. The Kier molecular flexibility index (Phi) is 4.61. The first-order valence-corrected chi connectivity index (χ1v) is 6.91. The maximum atomic E-state index is 6.12. The van der Waals surface area contributed by atoms with E-state index in [-0.39, 0.29) is 6.01 Å². The molecule has 0 radical (unpaired) electrons. The number of anilines is 3. The van der Waals surface area contributed by atoms with Crippen LogP contribution in [-0.2, 0) is 0 Å². The average Bonchev–Trinajstić information content (AvgIpc) is 2.44. The van der Waals surface area contributed by atoms with Gasteiger partial charge in [-0.3, -0.25) is 0 Å². The number of rotatable bonds is 4. The Morgan fingerprint density at radius 2 is 1.90 bits per heavy atom. The first-order valence-electron chi connectivity index (χ1n) is 5.74. The van der Waals surface area contributed by atoms with Gasteiger partial charge in [-0.2, -0.15) is 15.0 Å². The van der Waals surface area contributed by atoms with Gasteiger partial charge in [0.25, 0.3) is 0 Å². The maximum absolute atomic E-state index is 6.12. The van der Waals surface area contributed by atoms with Gasteiger partial charge < -0.3 is 15.4 Å². The second-order valence-electron chi connectivity index (χ2n) is 3.93. The van der Waals surface area contributed by atoms with Crippen LogP contribution in [0.3, 0.4) is 0 Å². The molecule has 20 heavy (non-hydrogen) atoms. The van der Waals surface area contributed by atoms with Crippen LogP contribution >= 0.6 is 27.5 Å². The summed E-state index contributed by atoms with van der Waals surface area (Å²) in [6, 6.07) is 3.94. The number of nitrogens with zero attached hydrogens (tertiary/aromatic N) is 3. The molecule has 1 aromatic carbocycles. The number of aromatic nitrogens is 3. The standard InChI is InChI=1S/C12H13BrClN5O/c1-6-4-7(13)9(5-8(6)14)16-11-17-10(15-2)18-12(19-11)20-3/h4-5H,1-3H3,(H2,15,16,17,18,19). The van der Waals surface area contributed by atoms with Crippen molar-refractivity contribution in [2.24, 2.45) is 0 Å². The van der Waals surface area contributed by atoms with Gasteiger partial charge in [-0.25, -0.2) is 0 Å². The summed E-state index contributed by atoms with van der Waals surface area (Å²) >= 11 is 9.59. The molecule has 0 saturated heterocycles. The highest BCUT2D eigenvalue weighted by atomic mass is 79.9. The van der Waals surface area contributed by atoms with E-state index in [1.54, 1.807) is 13.1 Å². The number of hydrogen-bond donors (Lipinski definition) is 2. The van der Waals surface area contributed by atoms with E-state index in [1.165, 1.54) is 7.11 Å². The molecule has 0 aliphatic rings. The summed E-state index contributed by atoms with van der Waals surface area (Å²) in [7, 11) is 3.22. The SMILES string of the molecule is CNc1nc(Nc2cc(Cl)c(C)cc2Br)nc(OC)n1. The third kappa shape index (κ3) is 3.29. The first-order chi connectivity index (χ1) is 9.53. The summed E-state index contributed by atoms with van der Waals surface area (Å²) in [6.07, 6.45) is 0. The molecule has 2 aromatic rings. The Labute approximate surface area is 130 Å². The van der Waals surface area contributed by atoms with Crippen molar-refractivity contribution in [1.29, 1.82) is 0 Å². The minimum Gasteiger partial charge on any atom is -0.467 e. The van der Waals surface area contributed by atoms with Gasteiger partial charge in [-0.1, -0.05) is 11.6 Å². The largest absolute Gasteiger partial charge is 0.467 e. The van der Waals surface area contributed by atoms with Crippen LogP contribution in [0, 0.1) is 6.92 Å². The Morgan fingerprint density at radius 3 is 2.55 bits per heavy atom. The molecule has 0 unspecified atom stereocenters. The molecule has 2 rings (SSSR count). The topological polar surface area (TPSA) is 72.0 Å². The average molecular weight is 359 g/mol. The normalized spacial score (nSPS) is 10.2. The van der Waals surface area contributed by atoms with E-state index in [0.29, 0.717) is 16.9 Å². The summed E-state index contributed by atoms with van der Waals surface area (Å²) in [4.78, 5) is 12.4. The molecule has 106 valence electrons. The minimum absolute atomic E-state index is 0.223. The number of nitrogens with one attached hydrogen (secondary N) is 2. The lowest BCUT2D eigenvalue weighted by atomic mass is 10.2. The van der Waals surface area contributed by atoms with Crippen molar-refractivity contribution in [1.82, 2.24) is 15.0 Å². The zero-order chi connectivity index (χ0) is 14.7. The van der Waals surface area contributed by atoms with Crippen molar-refractivity contribution in [2.45, 2.75) is 6.92 Å². The van der Waals surface area contributed by atoms with Crippen LogP contribution in [0.1, 0.15) is 5.56 Å². The van der Waals surface area contributed by atoms with Crippen LogP contribution in [0.15, 0.2) is 16.6 Å². The van der Waals surface area contributed by atoms with E-state index in [0.717, 1.165) is 15.7 Å². The molecule has 0 amide bonds. The van der Waals surface area contributed by atoms with Gasteiger partial charge in [-0.05, 0) is 40.5 Å². The van der Waals surface area contributed by atoms with Crippen LogP contribution in [0.4, 0.5) is 17.6 Å². The number of hydrogen-bond acceptors (Lipinski definition) is 6. The van der Waals surface area contributed by atoms with Crippen LogP contribution in [0.2, 0.25) is 5.02 Å². The highest BCUT2D eigenvalue weighted by Gasteiger charge is 2.09. The fraction of sp³-hybridized carbons (Fsp3) is 0.250. The molecule has 0 aliphatic carbocycles. The van der Waals surface area contributed by atoms with Crippen molar-refractivity contribution in [3.63, 3.8) is 0 Å². The predicted octanol–water partition coefficient (Wildman–Crippen LogP) is 3.39. The van der Waals surface area contributed by atoms with E-state index in [4.69, 9.17) is 16.3 Å². The summed E-state index contributed by atoms with van der Waals surface area (Å²) in [6.45, 7) is 1.93. The predicted molar refractivity (Wildman–Crippen MR) is 83.1 cm³/mol. The van der Waals surface area contributed by atoms with Gasteiger partial charge in [0.2, 0.25) is 11.9 Å². The number of methoxy groups -OCH3 is 1. The van der Waals surface area contributed by atoms with Crippen molar-refractivity contribution >= 4 is 45.1 Å². The molecule has 0 atom stereocenters. The lowest BCUT2D eigenvalue weighted by molar-refractivity contribution is 0.379. The molecule has 0 bridgehead atoms. The van der Waals surface area contributed by atoms with Crippen molar-refractivity contribution < 1.29 is 4.74 Å². The summed E-state index contributed by atoms with van der Waals surface area (Å²) in [5.74, 6) is 0.774. The first kappa shape index (κ1) is 14.8. The van der Waals surface area contributed by atoms with Gasteiger partial charge in [0.1, 0.15) is 0 Å². The smallest absolute Gasteiger partial charge is 0.322 e. The molecule has 0 fully saturated rings. The highest BCUT2D eigenvalue weighted by molar-refractivity contribution is 9.10. The molecule has 0 spiro atoms. The molecule has 2 N–H and O–H groups in total. The van der Waals surface area contributed by atoms with Gasteiger partial charge in [0, 0.05) is 16.5 Å². The van der Waals surface area contributed by atoms with E-state index in [1.807, 2.05) is 13.0 Å².